The normalized spacial score (nSPS) is 20.8. The highest BCUT2D eigenvalue weighted by molar-refractivity contribution is 7.61. The lowest BCUT2D eigenvalue weighted by Crippen LogP contribution is -2.36. The maximum absolute atomic E-state index is 12.8. The van der Waals surface area contributed by atoms with Crippen molar-refractivity contribution in [1.82, 2.24) is 9.55 Å². The number of anilines is 1. The van der Waals surface area contributed by atoms with Crippen LogP contribution in [0.3, 0.4) is 0 Å². The summed E-state index contributed by atoms with van der Waals surface area (Å²) >= 11 is 0. The zero-order valence-electron chi connectivity index (χ0n) is 40.2. The van der Waals surface area contributed by atoms with E-state index in [1.54, 1.807) is 6.08 Å². The lowest BCUT2D eigenvalue weighted by atomic mass is 9.99. The predicted octanol–water partition coefficient (Wildman–Crippen LogP) is 8.21. The van der Waals surface area contributed by atoms with Crippen molar-refractivity contribution in [3.8, 4) is 0 Å². The number of aromatic nitrogens is 2. The Labute approximate surface area is 402 Å². The van der Waals surface area contributed by atoms with Crippen LogP contribution in [-0.2, 0) is 46.3 Å². The Hall–Kier alpha value is -3.32. The van der Waals surface area contributed by atoms with Gasteiger partial charge in [-0.05, 0) is 56.9 Å². The molecule has 1 aliphatic heterocycles. The van der Waals surface area contributed by atoms with Crippen molar-refractivity contribution < 1.29 is 71.4 Å². The van der Waals surface area contributed by atoms with Gasteiger partial charge < -0.3 is 45.1 Å². The van der Waals surface area contributed by atoms with E-state index in [-0.39, 0.29) is 18.7 Å². The van der Waals surface area contributed by atoms with Crippen LogP contribution in [0.4, 0.5) is 5.82 Å². The number of rotatable bonds is 38. The van der Waals surface area contributed by atoms with Crippen molar-refractivity contribution >= 4 is 33.4 Å². The zero-order chi connectivity index (χ0) is 50.2. The van der Waals surface area contributed by atoms with E-state index < -0.39 is 89.8 Å². The molecule has 0 saturated carbocycles. The van der Waals surface area contributed by atoms with Crippen molar-refractivity contribution in [2.24, 2.45) is 5.92 Å². The van der Waals surface area contributed by atoms with Crippen molar-refractivity contribution in [1.29, 1.82) is 0 Å². The van der Waals surface area contributed by atoms with Crippen LogP contribution >= 0.6 is 15.6 Å². The first-order chi connectivity index (χ1) is 32.5. The van der Waals surface area contributed by atoms with Gasteiger partial charge >= 0.3 is 33.3 Å². The van der Waals surface area contributed by atoms with E-state index in [0.717, 1.165) is 55.2 Å². The van der Waals surface area contributed by atoms with Gasteiger partial charge in [0.1, 0.15) is 30.7 Å². The second-order valence-electron chi connectivity index (χ2n) is 17.1. The molecule has 3 unspecified atom stereocenters. The van der Waals surface area contributed by atoms with Crippen molar-refractivity contribution in [2.45, 2.75) is 186 Å². The van der Waals surface area contributed by atoms with Gasteiger partial charge in [-0.1, -0.05) is 140 Å². The predicted molar refractivity (Wildman–Crippen MR) is 258 cm³/mol. The number of carbonyl (C=O) groups is 2. The molecule has 1 fully saturated rings. The largest absolute Gasteiger partial charge is 0.481 e. The van der Waals surface area contributed by atoms with E-state index >= 15 is 0 Å². The molecule has 7 N–H and O–H groups in total. The molecule has 2 heterocycles. The number of unbranched alkanes of at least 4 members (excludes halogenated alkanes) is 11. The molecule has 1 aliphatic rings. The van der Waals surface area contributed by atoms with E-state index in [0.29, 0.717) is 32.1 Å². The van der Waals surface area contributed by atoms with Crippen molar-refractivity contribution in [3.63, 3.8) is 0 Å². The van der Waals surface area contributed by atoms with Crippen molar-refractivity contribution in [2.75, 3.05) is 25.6 Å². The summed E-state index contributed by atoms with van der Waals surface area (Å²) < 4.78 is 56.6. The molecule has 1 aromatic rings. The molecule has 19 nitrogen and oxygen atoms in total. The fourth-order valence-electron chi connectivity index (χ4n) is 6.83. The first-order valence-corrected chi connectivity index (χ1v) is 27.1. The number of phosphoric acid groups is 2. The summed E-state index contributed by atoms with van der Waals surface area (Å²) in [4.78, 5) is 61.7. The molecular formula is C47H79N3O16P2. The molecule has 0 bridgehead atoms. The average molecular weight is 1000 g/mol. The Balaban J connectivity index is 1.87. The number of nitrogens with two attached hydrogens (primary N) is 1. The van der Waals surface area contributed by atoms with Gasteiger partial charge in [-0.25, -0.2) is 13.9 Å². The SMILES string of the molecule is CCCCC/C=C\C=C/[C@H](O)C/C=C\C/C=C/CCCC(=O)O[C@H](COC(=O)CCCCCCCCCCC(C)CC)COP(=O)(O)OP(=O)(O)OC[C@H]1O[C@@H](n2ccc(N)nc2=O)[C@H](O)[C@@H]1O. The molecule has 0 aromatic carbocycles. The number of nitrogen functional groups attached to an aromatic ring is 1. The number of carbonyl (C=O) groups excluding carboxylic acids is 2. The van der Waals surface area contributed by atoms with Crippen LogP contribution in [0.2, 0.25) is 0 Å². The van der Waals surface area contributed by atoms with Crippen LogP contribution in [0.25, 0.3) is 0 Å². The topological polar surface area (TPSA) is 286 Å². The quantitative estimate of drug-likeness (QED) is 0.0120. The molecular weight excluding hydrogens is 924 g/mol. The molecule has 1 aromatic heterocycles. The standard InChI is InChI=1S/C47H79N3O16P2/c1-4-6-7-8-12-18-23-28-38(51)29-24-19-14-11-16-21-26-31-43(53)64-39(34-61-42(52)30-25-20-15-10-9-13-17-22-27-37(3)5-2)35-62-67(57,58)66-68(59,60)63-36-40-44(54)45(55)46(65-40)50-33-32-41(48)49-47(50)56/h11-12,16,18-19,23-24,28,32-33,37-40,44-46,51,54-55H,4-10,13-15,17,20-22,25-27,29-31,34-36H2,1-3H3,(H,57,58)(H,59,60)(H2,48,49,56)/b16-11+,18-12-,24-19-,28-23-/t37?,38-,39+,40+,44+,45+,46+/m0/s1. The summed E-state index contributed by atoms with van der Waals surface area (Å²) in [6, 6.07) is 1.24. The first-order valence-electron chi connectivity index (χ1n) is 24.2. The fourth-order valence-corrected chi connectivity index (χ4v) is 8.94. The summed E-state index contributed by atoms with van der Waals surface area (Å²) in [5, 5.41) is 31.0. The average Bonchev–Trinajstić information content (AvgIpc) is 3.57. The number of hydrogen-bond acceptors (Lipinski definition) is 16. The summed E-state index contributed by atoms with van der Waals surface area (Å²) in [7, 11) is -10.9. The number of hydrogen-bond donors (Lipinski definition) is 6. The number of aliphatic hydroxyl groups excluding tert-OH is 3. The highest BCUT2D eigenvalue weighted by Crippen LogP contribution is 2.60. The number of nitrogens with zero attached hydrogens (tertiary/aromatic N) is 2. The number of aliphatic hydroxyl groups is 3. The van der Waals surface area contributed by atoms with Crippen molar-refractivity contribution in [3.05, 3.63) is 71.4 Å². The van der Waals surface area contributed by atoms with Crippen LogP contribution in [0.15, 0.2) is 65.7 Å². The first kappa shape index (κ1) is 60.8. The monoisotopic (exact) mass is 1000 g/mol. The smallest absolute Gasteiger partial charge is 0.462 e. The van der Waals surface area contributed by atoms with Gasteiger partial charge in [0, 0.05) is 19.0 Å². The number of esters is 2. The van der Waals surface area contributed by atoms with Gasteiger partial charge in [-0.15, -0.1) is 0 Å². The van der Waals surface area contributed by atoms with Crippen LogP contribution in [0.5, 0.6) is 0 Å². The van der Waals surface area contributed by atoms with Gasteiger partial charge in [0.05, 0.1) is 19.3 Å². The van der Waals surface area contributed by atoms with Crippen LogP contribution in [0.1, 0.15) is 155 Å². The van der Waals surface area contributed by atoms with Crippen LogP contribution in [-0.4, -0.2) is 96.9 Å². The third-order valence-electron chi connectivity index (χ3n) is 11.0. The fraction of sp³-hybridized carbons (Fsp3) is 0.702. The molecule has 2 rings (SSSR count). The number of allylic oxidation sites excluding steroid dienone is 6. The van der Waals surface area contributed by atoms with Gasteiger partial charge in [-0.3, -0.25) is 23.2 Å². The zero-order valence-corrected chi connectivity index (χ0v) is 42.0. The Morgan fingerprint density at radius 3 is 2.21 bits per heavy atom. The summed E-state index contributed by atoms with van der Waals surface area (Å²) in [6.07, 6.45) is 25.3. The van der Waals surface area contributed by atoms with Gasteiger partial charge in [-0.2, -0.15) is 9.29 Å². The van der Waals surface area contributed by atoms with E-state index in [2.05, 4.69) is 36.1 Å². The molecule has 0 radical (unpaired) electrons. The third-order valence-corrected chi connectivity index (χ3v) is 13.6. The molecule has 9 atom stereocenters. The minimum absolute atomic E-state index is 0.0604. The lowest BCUT2D eigenvalue weighted by molar-refractivity contribution is -0.161. The maximum Gasteiger partial charge on any atom is 0.481 e. The molecule has 68 heavy (non-hydrogen) atoms. The highest BCUT2D eigenvalue weighted by atomic mass is 31.3. The minimum Gasteiger partial charge on any atom is -0.462 e. The lowest BCUT2D eigenvalue weighted by Gasteiger charge is -2.21. The van der Waals surface area contributed by atoms with Crippen LogP contribution in [0, 0.1) is 5.92 Å². The summed E-state index contributed by atoms with van der Waals surface area (Å²) in [5.74, 6) is -0.651. The second-order valence-corrected chi connectivity index (χ2v) is 20.1. The Morgan fingerprint density at radius 2 is 1.50 bits per heavy atom. The van der Waals surface area contributed by atoms with E-state index in [1.807, 2.05) is 36.5 Å². The molecule has 21 heteroatoms. The molecule has 0 spiro atoms. The van der Waals surface area contributed by atoms with Crippen LogP contribution < -0.4 is 11.4 Å². The van der Waals surface area contributed by atoms with Gasteiger partial charge in [0.15, 0.2) is 12.3 Å². The highest BCUT2D eigenvalue weighted by Gasteiger charge is 2.46. The number of ether oxygens (including phenoxy) is 3. The Morgan fingerprint density at radius 1 is 0.838 bits per heavy atom. The summed E-state index contributed by atoms with van der Waals surface area (Å²) in [5.41, 5.74) is 4.57. The maximum atomic E-state index is 12.8. The van der Waals surface area contributed by atoms with Gasteiger partial charge in [0.25, 0.3) is 0 Å². The second kappa shape index (κ2) is 34.9. The molecule has 0 amide bonds. The minimum atomic E-state index is -5.45. The molecule has 388 valence electrons. The Kier molecular flexibility index (Phi) is 31.2. The number of phosphoric ester groups is 2. The molecule has 0 aliphatic carbocycles. The molecule has 1 saturated heterocycles. The van der Waals surface area contributed by atoms with E-state index in [9.17, 15) is 48.6 Å². The Bertz CT molecular complexity index is 1860. The van der Waals surface area contributed by atoms with Gasteiger partial charge in [0.2, 0.25) is 0 Å². The van der Waals surface area contributed by atoms with E-state index in [4.69, 9.17) is 29.0 Å². The van der Waals surface area contributed by atoms with E-state index in [1.165, 1.54) is 51.0 Å². The third kappa shape index (κ3) is 27.8. The summed E-state index contributed by atoms with van der Waals surface area (Å²) in [6.45, 7) is 4.26.